The van der Waals surface area contributed by atoms with Crippen LogP contribution in [0.2, 0.25) is 5.02 Å². The van der Waals surface area contributed by atoms with Crippen LogP contribution in [0, 0.1) is 5.41 Å². The summed E-state index contributed by atoms with van der Waals surface area (Å²) in [7, 11) is 2.22. The van der Waals surface area contributed by atoms with Crippen LogP contribution in [0.5, 0.6) is 0 Å². The Morgan fingerprint density at radius 1 is 1.16 bits per heavy atom. The third kappa shape index (κ3) is 2.54. The van der Waals surface area contributed by atoms with Crippen molar-refractivity contribution in [3.63, 3.8) is 0 Å². The average molecular weight is 280 g/mol. The highest BCUT2D eigenvalue weighted by molar-refractivity contribution is 6.33. The lowest BCUT2D eigenvalue weighted by Crippen LogP contribution is -2.39. The molecule has 1 aromatic rings. The topological polar surface area (TPSA) is 32.5 Å². The molecule has 4 heteroatoms. The van der Waals surface area contributed by atoms with E-state index in [1.807, 2.05) is 12.1 Å². The zero-order valence-corrected chi connectivity index (χ0v) is 12.3. The summed E-state index contributed by atoms with van der Waals surface area (Å²) in [6, 6.07) is 5.86. The predicted molar refractivity (Wildman–Crippen MR) is 81.9 cm³/mol. The highest BCUT2D eigenvalue weighted by Gasteiger charge is 2.40. The van der Waals surface area contributed by atoms with E-state index in [2.05, 4.69) is 22.9 Å². The normalized spacial score (nSPS) is 23.2. The number of hydrogen-bond acceptors (Lipinski definition) is 3. The van der Waals surface area contributed by atoms with E-state index in [-0.39, 0.29) is 0 Å². The number of rotatable bonds is 1. The molecule has 0 radical (unpaired) electrons. The van der Waals surface area contributed by atoms with Gasteiger partial charge in [-0.2, -0.15) is 0 Å². The van der Waals surface area contributed by atoms with E-state index in [9.17, 15) is 0 Å². The van der Waals surface area contributed by atoms with E-state index < -0.39 is 0 Å². The molecule has 2 N–H and O–H groups in total. The Hall–Kier alpha value is -0.930. The molecule has 1 spiro atoms. The van der Waals surface area contributed by atoms with Crippen molar-refractivity contribution in [3.8, 4) is 0 Å². The SMILES string of the molecule is CN1CCC2(CC1)CCN(c1ccc(N)cc1Cl)C2. The van der Waals surface area contributed by atoms with Gasteiger partial charge in [-0.05, 0) is 63.0 Å². The van der Waals surface area contributed by atoms with Gasteiger partial charge in [-0.3, -0.25) is 0 Å². The number of nitrogen functional groups attached to an aromatic ring is 1. The number of nitrogens with zero attached hydrogens (tertiary/aromatic N) is 2. The largest absolute Gasteiger partial charge is 0.399 e. The van der Waals surface area contributed by atoms with Gasteiger partial charge in [0.2, 0.25) is 0 Å². The fraction of sp³-hybridized carbons (Fsp3) is 0.600. The maximum atomic E-state index is 6.33. The third-order valence-electron chi connectivity index (χ3n) is 4.80. The second-order valence-corrected chi connectivity index (χ2v) is 6.59. The highest BCUT2D eigenvalue weighted by atomic mass is 35.5. The number of anilines is 2. The molecular weight excluding hydrogens is 258 g/mol. The number of piperidine rings is 1. The number of nitrogens with two attached hydrogens (primary N) is 1. The first-order valence-electron chi connectivity index (χ1n) is 7.07. The van der Waals surface area contributed by atoms with E-state index in [0.29, 0.717) is 5.41 Å². The summed E-state index contributed by atoms with van der Waals surface area (Å²) >= 11 is 6.33. The molecule has 0 atom stereocenters. The standard InChI is InChI=1S/C15H22ClN3/c1-18-7-4-15(5-8-18)6-9-19(11-15)14-3-2-12(17)10-13(14)16/h2-3,10H,4-9,11,17H2,1H3. The summed E-state index contributed by atoms with van der Waals surface area (Å²) in [4.78, 5) is 4.87. The minimum atomic E-state index is 0.511. The highest BCUT2D eigenvalue weighted by Crippen LogP contribution is 2.43. The molecule has 2 aliphatic heterocycles. The molecule has 3 rings (SSSR count). The van der Waals surface area contributed by atoms with Crippen LogP contribution in [0.25, 0.3) is 0 Å². The molecule has 0 saturated carbocycles. The molecule has 19 heavy (non-hydrogen) atoms. The maximum Gasteiger partial charge on any atom is 0.0660 e. The van der Waals surface area contributed by atoms with Crippen LogP contribution in [0.4, 0.5) is 11.4 Å². The van der Waals surface area contributed by atoms with E-state index in [1.165, 1.54) is 32.4 Å². The van der Waals surface area contributed by atoms with Crippen molar-refractivity contribution in [2.75, 3.05) is 43.9 Å². The van der Waals surface area contributed by atoms with Gasteiger partial charge in [-0.15, -0.1) is 0 Å². The molecule has 2 saturated heterocycles. The number of halogens is 1. The molecule has 104 valence electrons. The summed E-state index contributed by atoms with van der Waals surface area (Å²) in [5.74, 6) is 0. The van der Waals surface area contributed by atoms with E-state index in [1.54, 1.807) is 0 Å². The van der Waals surface area contributed by atoms with E-state index in [4.69, 9.17) is 17.3 Å². The van der Waals surface area contributed by atoms with Crippen LogP contribution in [-0.4, -0.2) is 38.1 Å². The Balaban J connectivity index is 1.75. The van der Waals surface area contributed by atoms with Crippen molar-refractivity contribution in [3.05, 3.63) is 23.2 Å². The van der Waals surface area contributed by atoms with Crippen molar-refractivity contribution < 1.29 is 0 Å². The molecule has 0 amide bonds. The first-order valence-corrected chi connectivity index (χ1v) is 7.44. The van der Waals surface area contributed by atoms with Gasteiger partial charge >= 0.3 is 0 Å². The average Bonchev–Trinajstić information content (AvgIpc) is 2.78. The van der Waals surface area contributed by atoms with Gasteiger partial charge in [0.15, 0.2) is 0 Å². The van der Waals surface area contributed by atoms with Gasteiger partial charge in [0, 0.05) is 18.8 Å². The second kappa shape index (κ2) is 4.88. The zero-order valence-electron chi connectivity index (χ0n) is 11.5. The lowest BCUT2D eigenvalue weighted by atomic mass is 9.78. The van der Waals surface area contributed by atoms with Crippen LogP contribution in [-0.2, 0) is 0 Å². The monoisotopic (exact) mass is 279 g/mol. The molecule has 3 nitrogen and oxygen atoms in total. The van der Waals surface area contributed by atoms with Gasteiger partial charge in [-0.1, -0.05) is 11.6 Å². The molecule has 2 fully saturated rings. The summed E-state index contributed by atoms with van der Waals surface area (Å²) in [5.41, 5.74) is 8.16. The third-order valence-corrected chi connectivity index (χ3v) is 5.10. The molecular formula is C15H22ClN3. The van der Waals surface area contributed by atoms with Crippen LogP contribution >= 0.6 is 11.6 Å². The second-order valence-electron chi connectivity index (χ2n) is 6.19. The van der Waals surface area contributed by atoms with Gasteiger partial charge in [-0.25, -0.2) is 0 Å². The molecule has 1 aromatic carbocycles. The number of hydrogen-bond donors (Lipinski definition) is 1. The fourth-order valence-corrected chi connectivity index (χ4v) is 3.73. The summed E-state index contributed by atoms with van der Waals surface area (Å²) < 4.78 is 0. The molecule has 0 aromatic heterocycles. The Morgan fingerprint density at radius 3 is 2.53 bits per heavy atom. The van der Waals surface area contributed by atoms with Crippen molar-refractivity contribution in [1.82, 2.24) is 4.90 Å². The predicted octanol–water partition coefficient (Wildman–Crippen LogP) is 2.84. The summed E-state index contributed by atoms with van der Waals surface area (Å²) in [6.45, 7) is 4.71. The molecule has 0 aliphatic carbocycles. The van der Waals surface area contributed by atoms with Crippen LogP contribution < -0.4 is 10.6 Å². The number of benzene rings is 1. The number of likely N-dealkylation sites (tertiary alicyclic amines) is 1. The van der Waals surface area contributed by atoms with E-state index in [0.717, 1.165) is 29.5 Å². The van der Waals surface area contributed by atoms with Gasteiger partial charge in [0.1, 0.15) is 0 Å². The van der Waals surface area contributed by atoms with Gasteiger partial charge in [0.25, 0.3) is 0 Å². The van der Waals surface area contributed by atoms with E-state index >= 15 is 0 Å². The first kappa shape index (κ1) is 13.1. The molecule has 0 bridgehead atoms. The summed E-state index contributed by atoms with van der Waals surface area (Å²) in [6.07, 6.45) is 3.92. The van der Waals surface area contributed by atoms with Gasteiger partial charge < -0.3 is 15.5 Å². The summed E-state index contributed by atoms with van der Waals surface area (Å²) in [5, 5.41) is 0.782. The lowest BCUT2D eigenvalue weighted by molar-refractivity contribution is 0.142. The Kier molecular flexibility index (Phi) is 3.35. The zero-order chi connectivity index (χ0) is 13.5. The fourth-order valence-electron chi connectivity index (χ4n) is 3.42. The lowest BCUT2D eigenvalue weighted by Gasteiger charge is -2.37. The minimum Gasteiger partial charge on any atom is -0.399 e. The minimum absolute atomic E-state index is 0.511. The van der Waals surface area contributed by atoms with Crippen molar-refractivity contribution in [2.24, 2.45) is 5.41 Å². The first-order chi connectivity index (χ1) is 9.08. The van der Waals surface area contributed by atoms with Gasteiger partial charge in [0.05, 0.1) is 10.7 Å². The Bertz CT molecular complexity index is 466. The maximum absolute atomic E-state index is 6.33. The van der Waals surface area contributed by atoms with Crippen molar-refractivity contribution in [2.45, 2.75) is 19.3 Å². The Morgan fingerprint density at radius 2 is 1.84 bits per heavy atom. The van der Waals surface area contributed by atoms with Crippen LogP contribution in [0.15, 0.2) is 18.2 Å². The molecule has 2 heterocycles. The Labute approximate surface area is 120 Å². The quantitative estimate of drug-likeness (QED) is 0.803. The van der Waals surface area contributed by atoms with Crippen molar-refractivity contribution in [1.29, 1.82) is 0 Å². The van der Waals surface area contributed by atoms with Crippen molar-refractivity contribution >= 4 is 23.0 Å². The molecule has 0 unspecified atom stereocenters. The molecule has 2 aliphatic rings. The smallest absolute Gasteiger partial charge is 0.0660 e. The van der Waals surface area contributed by atoms with Crippen LogP contribution in [0.1, 0.15) is 19.3 Å². The van der Waals surface area contributed by atoms with Crippen LogP contribution in [0.3, 0.4) is 0 Å².